The topological polar surface area (TPSA) is 98.0 Å². The lowest BCUT2D eigenvalue weighted by atomic mass is 9.41. The zero-order valence-corrected chi connectivity index (χ0v) is 19.8. The first-order valence-electron chi connectivity index (χ1n) is 12.8. The minimum atomic E-state index is -0.747. The smallest absolute Gasteiger partial charge is 0.303 e. The summed E-state index contributed by atoms with van der Waals surface area (Å²) >= 11 is 0. The molecule has 5 nitrogen and oxygen atoms in total. The third-order valence-corrected chi connectivity index (χ3v) is 11.1. The molecule has 0 radical (unpaired) electrons. The Labute approximate surface area is 187 Å². The summed E-state index contributed by atoms with van der Waals surface area (Å²) in [6.45, 7) is 8.96. The highest BCUT2D eigenvalue weighted by Crippen LogP contribution is 2.69. The maximum absolute atomic E-state index is 11.7. The van der Waals surface area contributed by atoms with Gasteiger partial charge in [-0.3, -0.25) is 4.79 Å². The zero-order chi connectivity index (χ0) is 22.7. The number of aliphatic hydroxyl groups excluding tert-OH is 3. The average Bonchev–Trinajstić information content (AvgIpc) is 3.07. The van der Waals surface area contributed by atoms with E-state index in [1.165, 1.54) is 0 Å². The van der Waals surface area contributed by atoms with Gasteiger partial charge in [-0.25, -0.2) is 0 Å². The summed E-state index contributed by atoms with van der Waals surface area (Å²) < 4.78 is 0. The second kappa shape index (κ2) is 8.29. The Bertz CT molecular complexity index is 681. The van der Waals surface area contributed by atoms with Crippen LogP contribution in [-0.4, -0.2) is 44.7 Å². The van der Waals surface area contributed by atoms with E-state index in [0.717, 1.165) is 44.9 Å². The van der Waals surface area contributed by atoms with E-state index in [1.807, 2.05) is 0 Å². The number of carboxylic acids is 1. The first-order valence-corrected chi connectivity index (χ1v) is 12.8. The van der Waals surface area contributed by atoms with Crippen LogP contribution >= 0.6 is 0 Å². The molecule has 0 aromatic rings. The fourth-order valence-corrected chi connectivity index (χ4v) is 9.44. The lowest BCUT2D eigenvalue weighted by Gasteiger charge is -2.65. The number of hydrogen-bond acceptors (Lipinski definition) is 4. The number of rotatable bonds is 5. The minimum Gasteiger partial charge on any atom is -0.481 e. The molecule has 0 aromatic heterocycles. The molecule has 4 rings (SSSR count). The third-order valence-electron chi connectivity index (χ3n) is 11.1. The molecule has 178 valence electrons. The van der Waals surface area contributed by atoms with E-state index in [1.54, 1.807) is 0 Å². The van der Waals surface area contributed by atoms with E-state index < -0.39 is 12.1 Å². The van der Waals surface area contributed by atoms with Crippen molar-refractivity contribution in [2.24, 2.45) is 52.3 Å². The van der Waals surface area contributed by atoms with Gasteiger partial charge >= 0.3 is 5.97 Å². The number of carboxylic acid groups (broad SMARTS) is 1. The first kappa shape index (κ1) is 23.5. The van der Waals surface area contributed by atoms with Crippen LogP contribution in [0.1, 0.15) is 85.5 Å². The minimum absolute atomic E-state index is 0.0686. The second-order valence-corrected chi connectivity index (χ2v) is 12.1. The highest BCUT2D eigenvalue weighted by Gasteiger charge is 2.67. The highest BCUT2D eigenvalue weighted by atomic mass is 16.4. The molecule has 5 heteroatoms. The number of hydrogen-bond donors (Lipinski definition) is 4. The summed E-state index contributed by atoms with van der Waals surface area (Å²) in [6.07, 6.45) is 6.09. The van der Waals surface area contributed by atoms with Gasteiger partial charge < -0.3 is 20.4 Å². The van der Waals surface area contributed by atoms with Gasteiger partial charge in [-0.2, -0.15) is 0 Å². The van der Waals surface area contributed by atoms with Crippen LogP contribution in [0.25, 0.3) is 0 Å². The van der Waals surface area contributed by atoms with E-state index >= 15 is 0 Å². The zero-order valence-electron chi connectivity index (χ0n) is 19.8. The predicted molar refractivity (Wildman–Crippen MR) is 119 cm³/mol. The van der Waals surface area contributed by atoms with E-state index in [-0.39, 0.29) is 53.1 Å². The molecular formula is C26H44O5. The molecule has 4 N–H and O–H groups in total. The monoisotopic (exact) mass is 436 g/mol. The van der Waals surface area contributed by atoms with Crippen molar-refractivity contribution in [3.63, 3.8) is 0 Å². The molecule has 0 spiro atoms. The fourth-order valence-electron chi connectivity index (χ4n) is 9.44. The molecule has 0 amide bonds. The maximum Gasteiger partial charge on any atom is 0.303 e. The second-order valence-electron chi connectivity index (χ2n) is 12.1. The maximum atomic E-state index is 11.7. The molecule has 4 saturated carbocycles. The predicted octanol–water partition coefficient (Wildman–Crippen LogP) is 4.08. The Morgan fingerprint density at radius 1 is 1.03 bits per heavy atom. The Morgan fingerprint density at radius 3 is 2.39 bits per heavy atom. The molecule has 31 heavy (non-hydrogen) atoms. The number of carbonyl (C=O) groups is 1. The largest absolute Gasteiger partial charge is 0.481 e. The van der Waals surface area contributed by atoms with Crippen molar-refractivity contribution in [3.05, 3.63) is 0 Å². The summed E-state index contributed by atoms with van der Waals surface area (Å²) in [5.41, 5.74) is -0.186. The van der Waals surface area contributed by atoms with Gasteiger partial charge in [0, 0.05) is 6.42 Å². The van der Waals surface area contributed by atoms with Crippen molar-refractivity contribution < 1.29 is 25.2 Å². The molecule has 0 bridgehead atoms. The molecule has 0 aromatic carbocycles. The van der Waals surface area contributed by atoms with Crippen LogP contribution in [0.5, 0.6) is 0 Å². The van der Waals surface area contributed by atoms with Gasteiger partial charge in [0.15, 0.2) is 0 Å². The summed E-state index contributed by atoms with van der Waals surface area (Å²) in [5, 5.41) is 42.9. The van der Waals surface area contributed by atoms with E-state index in [4.69, 9.17) is 5.11 Å². The Morgan fingerprint density at radius 2 is 1.74 bits per heavy atom. The van der Waals surface area contributed by atoms with E-state index in [0.29, 0.717) is 24.2 Å². The van der Waals surface area contributed by atoms with Crippen molar-refractivity contribution in [2.75, 3.05) is 0 Å². The van der Waals surface area contributed by atoms with Crippen LogP contribution in [0.2, 0.25) is 0 Å². The van der Waals surface area contributed by atoms with Crippen molar-refractivity contribution in [3.8, 4) is 0 Å². The van der Waals surface area contributed by atoms with Crippen molar-refractivity contribution >= 4 is 5.97 Å². The number of aliphatic hydroxyl groups is 3. The summed E-state index contributed by atoms with van der Waals surface area (Å²) in [5.74, 6) is 1.13. The Balaban J connectivity index is 1.66. The van der Waals surface area contributed by atoms with Gasteiger partial charge in [0.25, 0.3) is 0 Å². The normalized spacial score (nSPS) is 52.7. The van der Waals surface area contributed by atoms with Crippen molar-refractivity contribution in [2.45, 2.75) is 104 Å². The number of fused-ring (bicyclic) bond motifs is 5. The molecule has 12 atom stereocenters. The van der Waals surface area contributed by atoms with Crippen molar-refractivity contribution in [1.29, 1.82) is 0 Å². The molecule has 4 aliphatic carbocycles. The SMILES string of the molecule is CC[C@H]1[C@@H](O)C2C3CCC(C(C)CCC(=O)O)[C@@]3(C)[C@@H](O)CC2[C@@]2(C)CC[C@@H](O)C[C@@H]12. The van der Waals surface area contributed by atoms with E-state index in [9.17, 15) is 20.1 Å². The quantitative estimate of drug-likeness (QED) is 0.520. The number of aliphatic carboxylic acids is 1. The van der Waals surface area contributed by atoms with Crippen LogP contribution in [0.4, 0.5) is 0 Å². The molecule has 0 aliphatic heterocycles. The summed E-state index contributed by atoms with van der Waals surface area (Å²) in [4.78, 5) is 11.1. The molecule has 4 fully saturated rings. The van der Waals surface area contributed by atoms with Gasteiger partial charge in [-0.15, -0.1) is 0 Å². The van der Waals surface area contributed by atoms with Crippen LogP contribution < -0.4 is 0 Å². The summed E-state index contributed by atoms with van der Waals surface area (Å²) in [7, 11) is 0. The van der Waals surface area contributed by atoms with Crippen LogP contribution in [-0.2, 0) is 4.79 Å². The van der Waals surface area contributed by atoms with Gasteiger partial charge in [0.05, 0.1) is 18.3 Å². The summed E-state index contributed by atoms with van der Waals surface area (Å²) in [6, 6.07) is 0. The lowest BCUT2D eigenvalue weighted by Crippen LogP contribution is -2.65. The molecule has 5 unspecified atom stereocenters. The standard InChI is InChI=1S/C26H44O5/c1-5-16-19-12-15(27)10-11-25(19,3)20-13-21(28)26(4)17(14(2)6-9-22(29)30)7-8-18(26)23(20)24(16)31/h14-21,23-24,27-28,31H,5-13H2,1-4H3,(H,29,30)/t14?,15-,16-,17?,18?,19+,20?,21+,23?,24-,25+,26-/m1/s1. The van der Waals surface area contributed by atoms with E-state index in [2.05, 4.69) is 27.7 Å². The molecular weight excluding hydrogens is 392 g/mol. The van der Waals surface area contributed by atoms with Crippen LogP contribution in [0.15, 0.2) is 0 Å². The molecule has 0 saturated heterocycles. The van der Waals surface area contributed by atoms with Gasteiger partial charge in [0.2, 0.25) is 0 Å². The Kier molecular flexibility index (Phi) is 6.28. The molecule has 0 heterocycles. The highest BCUT2D eigenvalue weighted by molar-refractivity contribution is 5.66. The van der Waals surface area contributed by atoms with Gasteiger partial charge in [0.1, 0.15) is 0 Å². The first-order chi connectivity index (χ1) is 14.6. The van der Waals surface area contributed by atoms with Crippen LogP contribution in [0, 0.1) is 52.3 Å². The molecule has 4 aliphatic rings. The van der Waals surface area contributed by atoms with Crippen molar-refractivity contribution in [1.82, 2.24) is 0 Å². The fraction of sp³-hybridized carbons (Fsp3) is 0.962. The van der Waals surface area contributed by atoms with Gasteiger partial charge in [-0.05, 0) is 97.2 Å². The lowest BCUT2D eigenvalue weighted by molar-refractivity contribution is -0.228. The van der Waals surface area contributed by atoms with Crippen LogP contribution in [0.3, 0.4) is 0 Å². The average molecular weight is 437 g/mol. The van der Waals surface area contributed by atoms with Gasteiger partial charge in [-0.1, -0.05) is 34.1 Å². The Hall–Kier alpha value is -0.650. The third kappa shape index (κ3) is 3.49.